The first-order valence-electron chi connectivity index (χ1n) is 6.60. The monoisotopic (exact) mass is 266 g/mol. The first-order chi connectivity index (χ1) is 8.77. The fraction of sp³-hybridized carbons (Fsp3) is 0.714. The van der Waals surface area contributed by atoms with E-state index in [-0.39, 0.29) is 24.4 Å². The Morgan fingerprint density at radius 1 is 1.47 bits per heavy atom. The minimum absolute atomic E-state index is 0.0398. The molecule has 5 nitrogen and oxygen atoms in total. The second-order valence-electron chi connectivity index (χ2n) is 6.31. The van der Waals surface area contributed by atoms with E-state index in [4.69, 9.17) is 9.47 Å². The van der Waals surface area contributed by atoms with Gasteiger partial charge in [0.1, 0.15) is 17.1 Å². The van der Waals surface area contributed by atoms with Crippen molar-refractivity contribution in [2.75, 3.05) is 0 Å². The topological polar surface area (TPSA) is 72.8 Å². The van der Waals surface area contributed by atoms with Crippen LogP contribution in [-0.4, -0.2) is 34.9 Å². The molecule has 3 rings (SSSR count). The molecule has 0 amide bonds. The summed E-state index contributed by atoms with van der Waals surface area (Å²) in [6.45, 7) is 5.49. The molecule has 2 heterocycles. The summed E-state index contributed by atoms with van der Waals surface area (Å²) in [4.78, 5) is 23.5. The lowest BCUT2D eigenvalue weighted by atomic mass is 9.89. The number of aliphatic hydroxyl groups excluding tert-OH is 1. The van der Waals surface area contributed by atoms with Gasteiger partial charge in [-0.2, -0.15) is 0 Å². The van der Waals surface area contributed by atoms with Crippen LogP contribution < -0.4 is 0 Å². The molecule has 1 saturated heterocycles. The zero-order valence-electron chi connectivity index (χ0n) is 11.3. The van der Waals surface area contributed by atoms with Crippen LogP contribution in [0.4, 0.5) is 0 Å². The van der Waals surface area contributed by atoms with Crippen LogP contribution in [0.3, 0.4) is 0 Å². The maximum atomic E-state index is 12.0. The minimum Gasteiger partial charge on any atom is -0.459 e. The number of cyclic esters (lactones) is 2. The molecular weight excluding hydrogens is 248 g/mol. The standard InChI is InChI=1S/C14H18O5/c1-7-4-8(11(16)18-7)5-10(15)14-6-9(14)13(2,3)19-12(14)17/h4,7,9-10,15H,5-6H2,1-3H3/t7-,9-,10+,14-/m0/s1. The number of hydrogen-bond acceptors (Lipinski definition) is 5. The third-order valence-electron chi connectivity index (χ3n) is 4.58. The second-order valence-corrected chi connectivity index (χ2v) is 6.31. The van der Waals surface area contributed by atoms with Gasteiger partial charge in [-0.3, -0.25) is 4.79 Å². The maximum absolute atomic E-state index is 12.0. The summed E-state index contributed by atoms with van der Waals surface area (Å²) in [6, 6.07) is 0. The molecule has 0 unspecified atom stereocenters. The van der Waals surface area contributed by atoms with Gasteiger partial charge in [0.05, 0.1) is 6.10 Å². The molecule has 19 heavy (non-hydrogen) atoms. The molecule has 1 saturated carbocycles. The van der Waals surface area contributed by atoms with Crippen LogP contribution in [0.2, 0.25) is 0 Å². The van der Waals surface area contributed by atoms with Gasteiger partial charge in [-0.1, -0.05) is 0 Å². The van der Waals surface area contributed by atoms with E-state index in [0.717, 1.165) is 0 Å². The summed E-state index contributed by atoms with van der Waals surface area (Å²) in [6.07, 6.45) is 1.36. The Balaban J connectivity index is 1.77. The number of fused-ring (bicyclic) bond motifs is 1. The normalized spacial score (nSPS) is 40.3. The number of ether oxygens (including phenoxy) is 2. The molecule has 0 radical (unpaired) electrons. The van der Waals surface area contributed by atoms with Crippen molar-refractivity contribution in [3.05, 3.63) is 11.6 Å². The Kier molecular flexibility index (Phi) is 2.40. The van der Waals surface area contributed by atoms with Gasteiger partial charge in [-0.25, -0.2) is 4.79 Å². The quantitative estimate of drug-likeness (QED) is 0.770. The van der Waals surface area contributed by atoms with Crippen LogP contribution in [0.5, 0.6) is 0 Å². The van der Waals surface area contributed by atoms with Gasteiger partial charge in [-0.05, 0) is 33.3 Å². The zero-order valence-corrected chi connectivity index (χ0v) is 11.3. The van der Waals surface area contributed by atoms with Crippen LogP contribution in [0.15, 0.2) is 11.6 Å². The lowest BCUT2D eigenvalue weighted by Gasteiger charge is -2.19. The van der Waals surface area contributed by atoms with E-state index in [1.165, 1.54) is 0 Å². The lowest BCUT2D eigenvalue weighted by molar-refractivity contribution is -0.157. The zero-order chi connectivity index (χ0) is 14.0. The molecule has 0 aromatic heterocycles. The smallest absolute Gasteiger partial charge is 0.334 e. The summed E-state index contributed by atoms with van der Waals surface area (Å²) >= 11 is 0. The van der Waals surface area contributed by atoms with Crippen LogP contribution in [0, 0.1) is 11.3 Å². The van der Waals surface area contributed by atoms with Gasteiger partial charge >= 0.3 is 11.9 Å². The van der Waals surface area contributed by atoms with E-state index in [0.29, 0.717) is 12.0 Å². The van der Waals surface area contributed by atoms with Crippen LogP contribution in [-0.2, 0) is 19.1 Å². The number of hydrogen-bond donors (Lipinski definition) is 1. The van der Waals surface area contributed by atoms with Gasteiger partial charge in [-0.15, -0.1) is 0 Å². The highest BCUT2D eigenvalue weighted by Crippen LogP contribution is 2.67. The van der Waals surface area contributed by atoms with Crippen molar-refractivity contribution in [3.8, 4) is 0 Å². The number of aliphatic hydroxyl groups is 1. The molecule has 0 aromatic carbocycles. The van der Waals surface area contributed by atoms with Gasteiger partial charge in [0.2, 0.25) is 0 Å². The highest BCUT2D eigenvalue weighted by Gasteiger charge is 2.76. The molecule has 0 bridgehead atoms. The fourth-order valence-electron chi connectivity index (χ4n) is 3.45. The first kappa shape index (κ1) is 12.7. The van der Waals surface area contributed by atoms with Crippen molar-refractivity contribution in [3.63, 3.8) is 0 Å². The highest BCUT2D eigenvalue weighted by molar-refractivity contribution is 5.91. The Bertz CT molecular complexity index is 492. The van der Waals surface area contributed by atoms with E-state index < -0.39 is 23.1 Å². The Labute approximate surface area is 111 Å². The fourth-order valence-corrected chi connectivity index (χ4v) is 3.45. The Morgan fingerprint density at radius 2 is 2.16 bits per heavy atom. The van der Waals surface area contributed by atoms with E-state index in [9.17, 15) is 14.7 Å². The predicted octanol–water partition coefficient (Wildman–Crippen LogP) is 0.951. The van der Waals surface area contributed by atoms with Crippen molar-refractivity contribution in [2.24, 2.45) is 11.3 Å². The SMILES string of the molecule is C[C@H]1C=C(C[C@@H](O)[C@]23C[C@H]2C(C)(C)OC3=O)C(=O)O1. The van der Waals surface area contributed by atoms with Gasteiger partial charge < -0.3 is 14.6 Å². The van der Waals surface area contributed by atoms with Crippen molar-refractivity contribution >= 4 is 11.9 Å². The average molecular weight is 266 g/mol. The third kappa shape index (κ3) is 1.64. The molecule has 2 aliphatic heterocycles. The summed E-state index contributed by atoms with van der Waals surface area (Å²) in [5, 5.41) is 10.4. The molecule has 0 spiro atoms. The number of rotatable bonds is 3. The average Bonchev–Trinajstić information content (AvgIpc) is 2.92. The van der Waals surface area contributed by atoms with Crippen LogP contribution in [0.25, 0.3) is 0 Å². The number of carbonyl (C=O) groups is 2. The molecule has 2 fully saturated rings. The molecule has 1 N–H and O–H groups in total. The van der Waals surface area contributed by atoms with Crippen molar-refractivity contribution in [1.82, 2.24) is 0 Å². The maximum Gasteiger partial charge on any atom is 0.334 e. The van der Waals surface area contributed by atoms with Gasteiger partial charge in [0, 0.05) is 17.9 Å². The molecule has 104 valence electrons. The highest BCUT2D eigenvalue weighted by atomic mass is 16.6. The predicted molar refractivity (Wildman–Crippen MR) is 65.0 cm³/mol. The van der Waals surface area contributed by atoms with Crippen LogP contribution in [0.1, 0.15) is 33.6 Å². The molecular formula is C14H18O5. The third-order valence-corrected chi connectivity index (χ3v) is 4.58. The number of carbonyl (C=O) groups excluding carboxylic acids is 2. The molecule has 3 aliphatic rings. The molecule has 5 heteroatoms. The summed E-state index contributed by atoms with van der Waals surface area (Å²) in [5.41, 5.74) is -0.871. The van der Waals surface area contributed by atoms with E-state index in [1.54, 1.807) is 13.0 Å². The van der Waals surface area contributed by atoms with Gasteiger partial charge in [0.25, 0.3) is 0 Å². The van der Waals surface area contributed by atoms with Gasteiger partial charge in [0.15, 0.2) is 0 Å². The van der Waals surface area contributed by atoms with E-state index >= 15 is 0 Å². The molecule has 1 aliphatic carbocycles. The van der Waals surface area contributed by atoms with Crippen LogP contribution >= 0.6 is 0 Å². The summed E-state index contributed by atoms with van der Waals surface area (Å²) in [7, 11) is 0. The minimum atomic E-state index is -0.879. The van der Waals surface area contributed by atoms with E-state index in [2.05, 4.69) is 0 Å². The Morgan fingerprint density at radius 3 is 2.58 bits per heavy atom. The number of esters is 2. The summed E-state index contributed by atoms with van der Waals surface area (Å²) < 4.78 is 10.3. The van der Waals surface area contributed by atoms with Crippen molar-refractivity contribution < 1.29 is 24.2 Å². The largest absolute Gasteiger partial charge is 0.459 e. The molecule has 4 atom stereocenters. The van der Waals surface area contributed by atoms with E-state index in [1.807, 2.05) is 13.8 Å². The Hall–Kier alpha value is -1.36. The van der Waals surface area contributed by atoms with Crippen molar-refractivity contribution in [2.45, 2.75) is 51.4 Å². The molecule has 0 aromatic rings. The van der Waals surface area contributed by atoms with Crippen molar-refractivity contribution in [1.29, 1.82) is 0 Å². The second kappa shape index (κ2) is 3.60. The summed E-state index contributed by atoms with van der Waals surface area (Å²) in [5.74, 6) is -0.696. The first-order valence-corrected chi connectivity index (χ1v) is 6.60. The lowest BCUT2D eigenvalue weighted by Crippen LogP contribution is -2.30.